The number of amides is 4. The fourth-order valence-corrected chi connectivity index (χ4v) is 18.4. The summed E-state index contributed by atoms with van der Waals surface area (Å²) in [5.41, 5.74) is 16.9. The summed E-state index contributed by atoms with van der Waals surface area (Å²) in [4.78, 5) is 62.6. The van der Waals surface area contributed by atoms with Gasteiger partial charge in [0.1, 0.15) is 45.8 Å². The zero-order valence-electron chi connectivity index (χ0n) is 70.6. The van der Waals surface area contributed by atoms with E-state index in [1.807, 2.05) is 193 Å². The van der Waals surface area contributed by atoms with Crippen LogP contribution < -0.4 is 35.5 Å². The van der Waals surface area contributed by atoms with Crippen molar-refractivity contribution >= 4 is 45.9 Å². The van der Waals surface area contributed by atoms with Gasteiger partial charge in [-0.05, 0) is 311 Å². The van der Waals surface area contributed by atoms with Crippen molar-refractivity contribution in [2.45, 2.75) is 138 Å². The number of hydrogen-bond acceptors (Lipinski definition) is 14. The number of phenols is 2. The Hall–Kier alpha value is -10.7. The topological polar surface area (TPSA) is 210 Å². The van der Waals surface area contributed by atoms with Crippen LogP contribution in [-0.2, 0) is 12.8 Å². The second-order valence-corrected chi connectivity index (χ2v) is 32.3. The van der Waals surface area contributed by atoms with Crippen molar-refractivity contribution in [3.8, 4) is 28.7 Å². The monoisotopic (exact) mass is 1600 g/mol. The number of rotatable bonds is 17. The van der Waals surface area contributed by atoms with Gasteiger partial charge in [-0.3, -0.25) is 24.2 Å². The molecule has 2 aliphatic carbocycles. The maximum absolute atomic E-state index is 14.8. The zero-order valence-corrected chi connectivity index (χ0v) is 70.6. The molecule has 19 heteroatoms. The number of methoxy groups -OCH3 is 1. The van der Waals surface area contributed by atoms with Crippen LogP contribution in [0.1, 0.15) is 210 Å². The van der Waals surface area contributed by atoms with Crippen LogP contribution in [0.4, 0.5) is 4.39 Å². The van der Waals surface area contributed by atoms with E-state index in [0.717, 1.165) is 195 Å². The van der Waals surface area contributed by atoms with Crippen LogP contribution in [0.2, 0.25) is 0 Å². The van der Waals surface area contributed by atoms with Gasteiger partial charge in [-0.1, -0.05) is 78.9 Å². The van der Waals surface area contributed by atoms with Crippen LogP contribution in [0.25, 0.3) is 22.3 Å². The average Bonchev–Trinajstić information content (AvgIpc) is 0.763. The van der Waals surface area contributed by atoms with Gasteiger partial charge in [-0.25, -0.2) is 4.39 Å². The number of carbonyl (C=O) groups is 4. The van der Waals surface area contributed by atoms with Crippen molar-refractivity contribution < 1.29 is 48.0 Å². The number of nitrogens with one attached hydrogen (secondary N) is 4. The van der Waals surface area contributed by atoms with Gasteiger partial charge in [-0.15, -0.1) is 0 Å². The van der Waals surface area contributed by atoms with Gasteiger partial charge in [-0.2, -0.15) is 0 Å². The molecule has 18 nitrogen and oxygen atoms in total. The van der Waals surface area contributed by atoms with Gasteiger partial charge >= 0.3 is 0 Å². The number of nitrogens with zero attached hydrogens (tertiary/aromatic N) is 5. The molecular formula is C99H118FN9O9. The number of hydrogen-bond donors (Lipinski definition) is 6. The molecule has 0 bridgehead atoms. The van der Waals surface area contributed by atoms with Crippen LogP contribution in [0, 0.1) is 23.6 Å². The lowest BCUT2D eigenvalue weighted by Crippen LogP contribution is -2.46. The highest BCUT2D eigenvalue weighted by molar-refractivity contribution is 5.98. The summed E-state index contributed by atoms with van der Waals surface area (Å²) in [5, 5.41) is 35.2. The van der Waals surface area contributed by atoms with Crippen molar-refractivity contribution in [2.24, 2.45) is 10.8 Å². The van der Waals surface area contributed by atoms with Gasteiger partial charge in [0.2, 0.25) is 0 Å². The van der Waals surface area contributed by atoms with E-state index < -0.39 is 5.60 Å². The molecule has 6 aliphatic heterocycles. The largest absolute Gasteiger partial charge is 0.507 e. The van der Waals surface area contributed by atoms with Crippen molar-refractivity contribution in [2.75, 3.05) is 112 Å². The zero-order chi connectivity index (χ0) is 83.3. The van der Waals surface area contributed by atoms with Gasteiger partial charge < -0.3 is 65.3 Å². The van der Waals surface area contributed by atoms with Crippen molar-refractivity contribution in [1.29, 1.82) is 0 Å². The molecule has 4 spiro atoms. The minimum atomic E-state index is -0.420. The highest BCUT2D eigenvalue weighted by Gasteiger charge is 2.42. The Balaban J connectivity index is 0.000000136. The summed E-state index contributed by atoms with van der Waals surface area (Å²) in [6, 6.07) is 47.9. The molecule has 4 saturated heterocycles. The molecule has 8 aromatic rings. The number of benzene rings is 7. The van der Waals surface area contributed by atoms with Gasteiger partial charge in [0, 0.05) is 118 Å². The highest BCUT2D eigenvalue weighted by Crippen LogP contribution is 2.51. The summed E-state index contributed by atoms with van der Waals surface area (Å²) >= 11 is 0. The predicted molar refractivity (Wildman–Crippen MR) is 469 cm³/mol. The highest BCUT2D eigenvalue weighted by atomic mass is 19.1. The summed E-state index contributed by atoms with van der Waals surface area (Å²) < 4.78 is 33.2. The molecule has 8 aliphatic rings. The van der Waals surface area contributed by atoms with Crippen LogP contribution in [0.3, 0.4) is 0 Å². The Bertz CT molecular complexity index is 4860. The van der Waals surface area contributed by atoms with E-state index >= 15 is 0 Å². The standard InChI is InChI=1S/C26H32N2O2.C25H30N2O2.C24H27FN2O2.C24H29N3O3/c1-4-28(5-2)25(30)20-8-6-19(7-9-20)22-17-26(10-12-27-13-11-26)16-21-14-18(3)15-23(29)24(21)22;1-3-27(4-2)24(29)19-10-8-18(9-11-19)21-17-25(12-14-26-15-13-25)16-20-6-5-7-22(28)23(20)21;1-3-27(4-2)23(28)18-10-8-17(9-11-18)19-16-24(12-14-26-15-13-24)29-21-7-5-6-20(25)22(19)21;1-4-27(5-2)23(28)17-9-10-19(26-16-17)18-15-24(11-13-25-14-12-24)30-21-8-6-7-20(29-3)22(18)21/h6-9,14-15,17,27,29H,4-5,10-13,16H2,1-3H3;5-11,17,26,28H,3-4,12-16H2,1-2H3;5-11,16,26H,3-4,12-15H2,1-2H3;6-10,15-16,25H,4-5,11-14H2,1-3H3. The van der Waals surface area contributed by atoms with E-state index in [1.54, 1.807) is 35.2 Å². The second-order valence-electron chi connectivity index (χ2n) is 32.3. The number of phenolic OH excluding ortho intramolecular Hbond substituents is 2. The summed E-state index contributed by atoms with van der Waals surface area (Å²) in [5.74, 6) is 2.72. The van der Waals surface area contributed by atoms with E-state index in [4.69, 9.17) is 14.2 Å². The third-order valence-corrected chi connectivity index (χ3v) is 25.1. The fourth-order valence-electron chi connectivity index (χ4n) is 18.4. The Kier molecular flexibility index (Phi) is 27.4. The molecular weight excluding hydrogens is 1480 g/mol. The molecule has 118 heavy (non-hydrogen) atoms. The average molecular weight is 1600 g/mol. The first-order valence-corrected chi connectivity index (χ1v) is 42.9. The van der Waals surface area contributed by atoms with Crippen LogP contribution in [0.5, 0.6) is 28.7 Å². The lowest BCUT2D eigenvalue weighted by molar-refractivity contribution is 0.0764. The number of piperidine rings is 4. The normalized spacial score (nSPS) is 17.3. The Morgan fingerprint density at radius 2 is 0.788 bits per heavy atom. The van der Waals surface area contributed by atoms with Gasteiger partial charge in [0.25, 0.3) is 23.6 Å². The smallest absolute Gasteiger partial charge is 0.255 e. The van der Waals surface area contributed by atoms with E-state index in [-0.39, 0.29) is 45.9 Å². The first-order chi connectivity index (χ1) is 57.2. The third kappa shape index (κ3) is 18.4. The SMILES string of the molecule is CCN(CC)C(=O)c1ccc(C2=CC3(CCNCC3)Cc3cc(C)cc(O)c32)cc1.CCN(CC)C(=O)c1ccc(C2=CC3(CCNCC3)Cc3cccc(O)c32)cc1.CCN(CC)C(=O)c1ccc(C2=CC3(CCNCC3)Oc3cccc(F)c32)cc1.CCN(CC)C(=O)c1ccc(C2=CC3(CCNCC3)Oc3cccc(OC)c32)nc1. The number of aromatic hydroxyl groups is 2. The first kappa shape index (κ1) is 85.2. The second kappa shape index (κ2) is 37.9. The summed E-state index contributed by atoms with van der Waals surface area (Å²) in [7, 11) is 1.67. The number of pyridine rings is 1. The summed E-state index contributed by atoms with van der Waals surface area (Å²) in [6.07, 6.45) is 20.6. The minimum absolute atomic E-state index is 0.00723. The number of allylic oxidation sites excluding steroid dienone is 2. The lowest BCUT2D eigenvalue weighted by atomic mass is 9.67. The Morgan fingerprint density at radius 3 is 1.21 bits per heavy atom. The predicted octanol–water partition coefficient (Wildman–Crippen LogP) is 16.5. The molecule has 4 fully saturated rings. The number of aromatic nitrogens is 1. The fraction of sp³-hybridized carbons (Fsp3) is 0.404. The maximum atomic E-state index is 14.8. The maximum Gasteiger partial charge on any atom is 0.255 e. The molecule has 0 atom stereocenters. The van der Waals surface area contributed by atoms with Crippen LogP contribution in [0.15, 0.2) is 182 Å². The quantitative estimate of drug-likeness (QED) is 0.0501. The molecule has 6 N–H and O–H groups in total. The molecule has 620 valence electrons. The molecule has 0 radical (unpaired) electrons. The lowest BCUT2D eigenvalue weighted by Gasteiger charge is -2.40. The molecule has 16 rings (SSSR count). The third-order valence-electron chi connectivity index (χ3n) is 25.1. The molecule has 4 amide bonds. The summed E-state index contributed by atoms with van der Waals surface area (Å²) in [6.45, 7) is 31.2. The molecule has 0 saturated carbocycles. The van der Waals surface area contributed by atoms with Crippen molar-refractivity contribution in [1.82, 2.24) is 45.9 Å². The van der Waals surface area contributed by atoms with E-state index in [0.29, 0.717) is 97.4 Å². The van der Waals surface area contributed by atoms with Crippen molar-refractivity contribution in [3.63, 3.8) is 0 Å². The number of fused-ring (bicyclic) bond motifs is 4. The number of aryl methyl sites for hydroxylation is 1. The molecule has 1 aromatic heterocycles. The van der Waals surface area contributed by atoms with Gasteiger partial charge in [0.15, 0.2) is 0 Å². The van der Waals surface area contributed by atoms with E-state index in [2.05, 4.69) is 62.7 Å². The Morgan fingerprint density at radius 1 is 0.415 bits per heavy atom. The molecule has 0 unspecified atom stereocenters. The van der Waals surface area contributed by atoms with Crippen LogP contribution in [-0.4, -0.2) is 181 Å². The number of carbonyl (C=O) groups excluding carboxylic acids is 4. The van der Waals surface area contributed by atoms with E-state index in [1.165, 1.54) is 17.2 Å². The first-order valence-electron chi connectivity index (χ1n) is 42.9. The van der Waals surface area contributed by atoms with Crippen molar-refractivity contribution in [3.05, 3.63) is 272 Å². The van der Waals surface area contributed by atoms with Gasteiger partial charge in [0.05, 0.1) is 29.5 Å². The molecule has 7 aromatic carbocycles. The Labute approximate surface area is 696 Å². The molecule has 7 heterocycles. The number of halogens is 1. The minimum Gasteiger partial charge on any atom is -0.507 e. The number of ether oxygens (including phenoxy) is 3. The van der Waals surface area contributed by atoms with Crippen LogP contribution >= 0.6 is 0 Å². The van der Waals surface area contributed by atoms with E-state index in [9.17, 15) is 33.8 Å².